The molecule has 0 bridgehead atoms. The van der Waals surface area contributed by atoms with Crippen molar-refractivity contribution < 1.29 is 9.59 Å². The minimum Gasteiger partial charge on any atom is -0.333 e. The van der Waals surface area contributed by atoms with E-state index in [2.05, 4.69) is 5.32 Å². The van der Waals surface area contributed by atoms with Crippen molar-refractivity contribution in [3.63, 3.8) is 0 Å². The Morgan fingerprint density at radius 2 is 2.00 bits per heavy atom. The zero-order chi connectivity index (χ0) is 15.8. The monoisotopic (exact) mass is 367 g/mol. The van der Waals surface area contributed by atoms with Gasteiger partial charge >= 0.3 is 0 Å². The van der Waals surface area contributed by atoms with Gasteiger partial charge in [0.05, 0.1) is 17.3 Å². The van der Waals surface area contributed by atoms with Gasteiger partial charge in [-0.1, -0.05) is 30.1 Å². The van der Waals surface area contributed by atoms with E-state index in [0.29, 0.717) is 22.3 Å². The lowest BCUT2D eigenvalue weighted by molar-refractivity contribution is -0.134. The van der Waals surface area contributed by atoms with Crippen molar-refractivity contribution in [2.75, 3.05) is 25.0 Å². The highest BCUT2D eigenvalue weighted by Crippen LogP contribution is 2.25. The fourth-order valence-electron chi connectivity index (χ4n) is 1.80. The average molecular weight is 369 g/mol. The predicted octanol–water partition coefficient (Wildman–Crippen LogP) is 2.94. The molecule has 1 aromatic rings. The van der Waals surface area contributed by atoms with E-state index < -0.39 is 0 Å². The molecule has 0 atom stereocenters. The molecular formula is C14H20Cl3N3O2. The second-order valence-corrected chi connectivity index (χ2v) is 5.37. The number of rotatable bonds is 7. The quantitative estimate of drug-likeness (QED) is 0.777. The van der Waals surface area contributed by atoms with Gasteiger partial charge in [-0.25, -0.2) is 0 Å². The molecule has 0 spiro atoms. The Morgan fingerprint density at radius 3 is 2.55 bits per heavy atom. The van der Waals surface area contributed by atoms with Gasteiger partial charge in [0, 0.05) is 24.5 Å². The van der Waals surface area contributed by atoms with Crippen molar-refractivity contribution in [1.82, 2.24) is 4.90 Å². The van der Waals surface area contributed by atoms with Crippen molar-refractivity contribution in [1.29, 1.82) is 0 Å². The number of amides is 2. The first-order valence-electron chi connectivity index (χ1n) is 6.70. The van der Waals surface area contributed by atoms with Gasteiger partial charge in [-0.2, -0.15) is 0 Å². The molecule has 0 saturated heterocycles. The summed E-state index contributed by atoms with van der Waals surface area (Å²) in [4.78, 5) is 25.4. The lowest BCUT2D eigenvalue weighted by Crippen LogP contribution is -2.39. The van der Waals surface area contributed by atoms with Crippen LogP contribution in [0, 0.1) is 0 Å². The van der Waals surface area contributed by atoms with Gasteiger partial charge in [0.2, 0.25) is 11.8 Å². The summed E-state index contributed by atoms with van der Waals surface area (Å²) in [6, 6.07) is 4.79. The smallest absolute Gasteiger partial charge is 0.244 e. The maximum Gasteiger partial charge on any atom is 0.244 e. The predicted molar refractivity (Wildman–Crippen MR) is 92.9 cm³/mol. The van der Waals surface area contributed by atoms with Crippen LogP contribution in [0.15, 0.2) is 18.2 Å². The summed E-state index contributed by atoms with van der Waals surface area (Å²) in [5, 5.41) is 3.51. The fraction of sp³-hybridized carbons (Fsp3) is 0.429. The molecular weight excluding hydrogens is 349 g/mol. The molecule has 1 rings (SSSR count). The molecule has 2 amide bonds. The number of benzene rings is 1. The van der Waals surface area contributed by atoms with Gasteiger partial charge < -0.3 is 16.0 Å². The summed E-state index contributed by atoms with van der Waals surface area (Å²) in [5.74, 6) is -0.435. The topological polar surface area (TPSA) is 75.4 Å². The Labute approximate surface area is 146 Å². The molecule has 0 fully saturated rings. The average Bonchev–Trinajstić information content (AvgIpc) is 2.42. The molecule has 0 unspecified atom stereocenters. The Balaban J connectivity index is 0.00000441. The minimum atomic E-state index is -0.307. The van der Waals surface area contributed by atoms with Gasteiger partial charge in [-0.05, 0) is 24.6 Å². The molecule has 5 nitrogen and oxygen atoms in total. The molecule has 1 aromatic carbocycles. The largest absolute Gasteiger partial charge is 0.333 e. The maximum absolute atomic E-state index is 12.0. The lowest BCUT2D eigenvalue weighted by atomic mass is 10.3. The zero-order valence-electron chi connectivity index (χ0n) is 12.3. The number of nitrogens with two attached hydrogens (primary N) is 1. The zero-order valence-corrected chi connectivity index (χ0v) is 14.6. The fourth-order valence-corrected chi connectivity index (χ4v) is 2.25. The highest BCUT2D eigenvalue weighted by molar-refractivity contribution is 6.36. The number of hydrogen-bond donors (Lipinski definition) is 2. The van der Waals surface area contributed by atoms with E-state index in [1.807, 2.05) is 6.92 Å². The van der Waals surface area contributed by atoms with Crippen LogP contribution < -0.4 is 11.1 Å². The SMILES string of the molecule is CCCN(CC(=O)Nc1ccc(Cl)cc1Cl)C(=O)CCN.Cl. The van der Waals surface area contributed by atoms with Gasteiger partial charge in [0.1, 0.15) is 0 Å². The van der Waals surface area contributed by atoms with Gasteiger partial charge in [0.25, 0.3) is 0 Å². The number of nitrogens with zero attached hydrogens (tertiary/aromatic N) is 1. The lowest BCUT2D eigenvalue weighted by Gasteiger charge is -2.21. The minimum absolute atomic E-state index is 0. The molecule has 0 aliphatic carbocycles. The molecule has 124 valence electrons. The van der Waals surface area contributed by atoms with E-state index in [-0.39, 0.29) is 43.7 Å². The van der Waals surface area contributed by atoms with Crippen LogP contribution >= 0.6 is 35.6 Å². The van der Waals surface area contributed by atoms with E-state index in [1.165, 1.54) is 4.90 Å². The van der Waals surface area contributed by atoms with Crippen LogP contribution in [0.4, 0.5) is 5.69 Å². The third kappa shape index (κ3) is 6.83. The van der Waals surface area contributed by atoms with Gasteiger partial charge in [0.15, 0.2) is 0 Å². The first kappa shape index (κ1) is 21.0. The Hall–Kier alpha value is -1.01. The summed E-state index contributed by atoms with van der Waals surface area (Å²) < 4.78 is 0. The molecule has 0 aliphatic rings. The van der Waals surface area contributed by atoms with Crippen LogP contribution in [0.2, 0.25) is 10.0 Å². The van der Waals surface area contributed by atoms with Crippen LogP contribution in [0.5, 0.6) is 0 Å². The molecule has 0 aliphatic heterocycles. The van der Waals surface area contributed by atoms with Crippen molar-refractivity contribution in [3.05, 3.63) is 28.2 Å². The summed E-state index contributed by atoms with van der Waals surface area (Å²) in [5.41, 5.74) is 5.84. The molecule has 0 heterocycles. The summed E-state index contributed by atoms with van der Waals surface area (Å²) in [6.45, 7) is 2.70. The molecule has 22 heavy (non-hydrogen) atoms. The summed E-state index contributed by atoms with van der Waals surface area (Å²) in [6.07, 6.45) is 1.00. The Bertz CT molecular complexity index is 512. The molecule has 0 saturated carbocycles. The normalized spacial score (nSPS) is 9.82. The molecule has 0 aromatic heterocycles. The van der Waals surface area contributed by atoms with Crippen LogP contribution in [0.1, 0.15) is 19.8 Å². The summed E-state index contributed by atoms with van der Waals surface area (Å²) in [7, 11) is 0. The molecule has 8 heteroatoms. The first-order valence-corrected chi connectivity index (χ1v) is 7.46. The maximum atomic E-state index is 12.0. The number of nitrogens with one attached hydrogen (secondary N) is 1. The second-order valence-electron chi connectivity index (χ2n) is 4.53. The van der Waals surface area contributed by atoms with Crippen molar-refractivity contribution in [2.45, 2.75) is 19.8 Å². The van der Waals surface area contributed by atoms with Crippen LogP contribution in [0.3, 0.4) is 0 Å². The highest BCUT2D eigenvalue weighted by atomic mass is 35.5. The van der Waals surface area contributed by atoms with Crippen LogP contribution in [0.25, 0.3) is 0 Å². The van der Waals surface area contributed by atoms with Gasteiger partial charge in [-0.3, -0.25) is 9.59 Å². The van der Waals surface area contributed by atoms with Crippen molar-refractivity contribution in [2.24, 2.45) is 5.73 Å². The number of hydrogen-bond acceptors (Lipinski definition) is 3. The summed E-state index contributed by atoms with van der Waals surface area (Å²) >= 11 is 11.8. The van der Waals surface area contributed by atoms with Crippen LogP contribution in [-0.2, 0) is 9.59 Å². The van der Waals surface area contributed by atoms with Crippen molar-refractivity contribution >= 4 is 53.1 Å². The van der Waals surface area contributed by atoms with Crippen LogP contribution in [-0.4, -0.2) is 36.3 Å². The number of carbonyl (C=O) groups is 2. The number of halogens is 3. The third-order valence-electron chi connectivity index (χ3n) is 2.74. The molecule has 0 radical (unpaired) electrons. The van der Waals surface area contributed by atoms with E-state index >= 15 is 0 Å². The van der Waals surface area contributed by atoms with E-state index in [1.54, 1.807) is 18.2 Å². The first-order chi connectivity index (χ1) is 9.97. The van der Waals surface area contributed by atoms with E-state index in [0.717, 1.165) is 6.42 Å². The number of anilines is 1. The van der Waals surface area contributed by atoms with E-state index in [9.17, 15) is 9.59 Å². The van der Waals surface area contributed by atoms with Crippen molar-refractivity contribution in [3.8, 4) is 0 Å². The highest BCUT2D eigenvalue weighted by Gasteiger charge is 2.16. The molecule has 3 N–H and O–H groups in total. The van der Waals surface area contributed by atoms with Gasteiger partial charge in [-0.15, -0.1) is 12.4 Å². The second kappa shape index (κ2) is 10.7. The number of carbonyl (C=O) groups excluding carboxylic acids is 2. The van der Waals surface area contributed by atoms with E-state index in [4.69, 9.17) is 28.9 Å². The Morgan fingerprint density at radius 1 is 1.32 bits per heavy atom. The standard InChI is InChI=1S/C14H19Cl2N3O2.ClH/c1-2-7-19(14(21)5-6-17)9-13(20)18-12-4-3-10(15)8-11(12)16;/h3-4,8H,2,5-7,9,17H2,1H3,(H,18,20);1H. The Kier molecular flexibility index (Phi) is 10.2. The third-order valence-corrected chi connectivity index (χ3v) is 3.29.